The molecule has 0 spiro atoms. The number of benzene rings is 2. The Morgan fingerprint density at radius 1 is 1.03 bits per heavy atom. The number of aromatic amines is 1. The number of aryl methyl sites for hydroxylation is 1. The van der Waals surface area contributed by atoms with Crippen molar-refractivity contribution in [2.24, 2.45) is 0 Å². The van der Waals surface area contributed by atoms with Crippen molar-refractivity contribution in [3.63, 3.8) is 0 Å². The SMILES string of the molecule is CC1(C)CC(NC(=O)CCc2c(-c3ccc(F)cc3)[nH]c3ccccc23)CC(C)(C)N1. The number of fused-ring (bicyclic) bond motifs is 1. The van der Waals surface area contributed by atoms with E-state index in [1.54, 1.807) is 12.1 Å². The van der Waals surface area contributed by atoms with Crippen molar-refractivity contribution in [1.82, 2.24) is 15.6 Å². The molecule has 31 heavy (non-hydrogen) atoms. The number of hydrogen-bond donors (Lipinski definition) is 3. The van der Waals surface area contributed by atoms with Crippen molar-refractivity contribution in [2.75, 3.05) is 0 Å². The molecule has 1 aliphatic rings. The van der Waals surface area contributed by atoms with Crippen molar-refractivity contribution in [3.05, 3.63) is 59.9 Å². The molecule has 1 fully saturated rings. The molecule has 2 aromatic carbocycles. The summed E-state index contributed by atoms with van der Waals surface area (Å²) in [5.74, 6) is -0.178. The van der Waals surface area contributed by atoms with Crippen LogP contribution in [0.1, 0.15) is 52.5 Å². The van der Waals surface area contributed by atoms with Crippen LogP contribution < -0.4 is 10.6 Å². The van der Waals surface area contributed by atoms with Crippen molar-refractivity contribution in [2.45, 2.75) is 70.5 Å². The zero-order valence-corrected chi connectivity index (χ0v) is 18.8. The predicted octanol–water partition coefficient (Wildman–Crippen LogP) is 5.33. The number of H-pyrrole nitrogens is 1. The number of carbonyl (C=O) groups is 1. The van der Waals surface area contributed by atoms with Gasteiger partial charge in [0, 0.05) is 40.1 Å². The number of nitrogens with one attached hydrogen (secondary N) is 3. The monoisotopic (exact) mass is 421 g/mol. The Labute approximate surface area is 183 Å². The van der Waals surface area contributed by atoms with E-state index in [1.807, 2.05) is 18.2 Å². The molecule has 0 saturated carbocycles. The van der Waals surface area contributed by atoms with Crippen LogP contribution in [0.25, 0.3) is 22.2 Å². The second-order valence-electron chi connectivity index (χ2n) is 10.1. The minimum absolute atomic E-state index is 0.00765. The van der Waals surface area contributed by atoms with Crippen molar-refractivity contribution in [1.29, 1.82) is 0 Å². The molecule has 3 aromatic rings. The highest BCUT2D eigenvalue weighted by Gasteiger charge is 2.38. The van der Waals surface area contributed by atoms with Crippen LogP contribution in [0.2, 0.25) is 0 Å². The molecule has 0 unspecified atom stereocenters. The van der Waals surface area contributed by atoms with E-state index >= 15 is 0 Å². The minimum Gasteiger partial charge on any atom is -0.354 e. The fraction of sp³-hybridized carbons (Fsp3) is 0.423. The topological polar surface area (TPSA) is 56.9 Å². The number of hydrogen-bond acceptors (Lipinski definition) is 2. The summed E-state index contributed by atoms with van der Waals surface area (Å²) in [4.78, 5) is 16.3. The van der Waals surface area contributed by atoms with Crippen LogP contribution in [0.5, 0.6) is 0 Å². The van der Waals surface area contributed by atoms with Gasteiger partial charge < -0.3 is 15.6 Å². The van der Waals surface area contributed by atoms with E-state index in [9.17, 15) is 9.18 Å². The highest BCUT2D eigenvalue weighted by atomic mass is 19.1. The quantitative estimate of drug-likeness (QED) is 0.521. The fourth-order valence-electron chi connectivity index (χ4n) is 5.29. The zero-order chi connectivity index (χ0) is 22.2. The molecule has 0 bridgehead atoms. The third-order valence-corrected chi connectivity index (χ3v) is 6.10. The van der Waals surface area contributed by atoms with Crippen molar-refractivity contribution < 1.29 is 9.18 Å². The first-order valence-corrected chi connectivity index (χ1v) is 11.1. The molecule has 0 atom stereocenters. The molecular weight excluding hydrogens is 389 g/mol. The molecule has 2 heterocycles. The Morgan fingerprint density at radius 2 is 1.68 bits per heavy atom. The van der Waals surface area contributed by atoms with E-state index in [0.717, 1.165) is 40.6 Å². The van der Waals surface area contributed by atoms with Crippen LogP contribution in [0.15, 0.2) is 48.5 Å². The lowest BCUT2D eigenvalue weighted by atomic mass is 9.79. The molecule has 1 aromatic heterocycles. The molecule has 1 aliphatic heterocycles. The normalized spacial score (nSPS) is 18.2. The lowest BCUT2D eigenvalue weighted by molar-refractivity contribution is -0.122. The highest BCUT2D eigenvalue weighted by Crippen LogP contribution is 2.32. The molecule has 0 radical (unpaired) electrons. The molecule has 164 valence electrons. The van der Waals surface area contributed by atoms with E-state index in [2.05, 4.69) is 49.4 Å². The highest BCUT2D eigenvalue weighted by molar-refractivity contribution is 5.91. The molecule has 0 aliphatic carbocycles. The van der Waals surface area contributed by atoms with Crippen molar-refractivity contribution in [3.8, 4) is 11.3 Å². The Balaban J connectivity index is 1.51. The Hall–Kier alpha value is -2.66. The van der Waals surface area contributed by atoms with Crippen LogP contribution in [-0.4, -0.2) is 28.0 Å². The maximum absolute atomic E-state index is 13.4. The van der Waals surface area contributed by atoms with Gasteiger partial charge in [-0.3, -0.25) is 4.79 Å². The van der Waals surface area contributed by atoms with Gasteiger partial charge in [-0.1, -0.05) is 18.2 Å². The van der Waals surface area contributed by atoms with Gasteiger partial charge >= 0.3 is 0 Å². The maximum atomic E-state index is 13.4. The van der Waals surface area contributed by atoms with Gasteiger partial charge in [-0.2, -0.15) is 0 Å². The average Bonchev–Trinajstić information content (AvgIpc) is 3.03. The molecule has 1 amide bonds. The number of amides is 1. The van der Waals surface area contributed by atoms with E-state index in [4.69, 9.17) is 0 Å². The predicted molar refractivity (Wildman–Crippen MR) is 124 cm³/mol. The Kier molecular flexibility index (Phi) is 5.65. The molecular formula is C26H32FN3O. The number of halogens is 1. The second kappa shape index (κ2) is 8.12. The largest absolute Gasteiger partial charge is 0.354 e. The first-order valence-electron chi connectivity index (χ1n) is 11.1. The Bertz CT molecular complexity index is 1070. The number of piperidine rings is 1. The Morgan fingerprint density at radius 3 is 2.35 bits per heavy atom. The third kappa shape index (κ3) is 4.99. The lowest BCUT2D eigenvalue weighted by Gasteiger charge is -2.46. The fourth-order valence-corrected chi connectivity index (χ4v) is 5.29. The molecule has 3 N–H and O–H groups in total. The molecule has 4 nitrogen and oxygen atoms in total. The first-order chi connectivity index (χ1) is 14.6. The minimum atomic E-state index is -0.256. The van der Waals surface area contributed by atoms with Crippen LogP contribution in [-0.2, 0) is 11.2 Å². The molecule has 4 rings (SSSR count). The lowest BCUT2D eigenvalue weighted by Crippen LogP contribution is -2.62. The van der Waals surface area contributed by atoms with E-state index in [1.165, 1.54) is 12.1 Å². The third-order valence-electron chi connectivity index (χ3n) is 6.10. The molecule has 1 saturated heterocycles. The summed E-state index contributed by atoms with van der Waals surface area (Å²) in [7, 11) is 0. The van der Waals surface area contributed by atoms with Gasteiger partial charge in [-0.05, 0) is 88.4 Å². The number of para-hydroxylation sites is 1. The first kappa shape index (κ1) is 21.6. The van der Waals surface area contributed by atoms with Crippen LogP contribution in [0, 0.1) is 5.82 Å². The maximum Gasteiger partial charge on any atom is 0.220 e. The summed E-state index contributed by atoms with van der Waals surface area (Å²) in [6.07, 6.45) is 2.87. The van der Waals surface area contributed by atoms with Gasteiger partial charge in [0.05, 0.1) is 0 Å². The summed E-state index contributed by atoms with van der Waals surface area (Å²) in [6, 6.07) is 14.8. The zero-order valence-electron chi connectivity index (χ0n) is 18.8. The van der Waals surface area contributed by atoms with Crippen LogP contribution in [0.3, 0.4) is 0 Å². The van der Waals surface area contributed by atoms with E-state index < -0.39 is 0 Å². The van der Waals surface area contributed by atoms with E-state index in [-0.39, 0.29) is 28.8 Å². The number of carbonyl (C=O) groups excluding carboxylic acids is 1. The number of aromatic nitrogens is 1. The number of rotatable bonds is 5. The van der Waals surface area contributed by atoms with Gasteiger partial charge in [-0.25, -0.2) is 4.39 Å². The summed E-state index contributed by atoms with van der Waals surface area (Å²) >= 11 is 0. The molecule has 5 heteroatoms. The van der Waals surface area contributed by atoms with Gasteiger partial charge in [0.15, 0.2) is 0 Å². The van der Waals surface area contributed by atoms with Crippen LogP contribution in [0.4, 0.5) is 4.39 Å². The second-order valence-corrected chi connectivity index (χ2v) is 10.1. The van der Waals surface area contributed by atoms with Gasteiger partial charge in [0.1, 0.15) is 5.82 Å². The van der Waals surface area contributed by atoms with Gasteiger partial charge in [0.25, 0.3) is 0 Å². The average molecular weight is 422 g/mol. The summed E-state index contributed by atoms with van der Waals surface area (Å²) in [5, 5.41) is 8.04. The van der Waals surface area contributed by atoms with Crippen LogP contribution >= 0.6 is 0 Å². The van der Waals surface area contributed by atoms with Crippen molar-refractivity contribution >= 4 is 16.8 Å². The standard InChI is InChI=1S/C26H32FN3O/c1-25(2)15-19(16-26(3,4)30-25)28-23(31)14-13-21-20-7-5-6-8-22(20)29-24(21)17-9-11-18(27)12-10-17/h5-12,19,29-30H,13-16H2,1-4H3,(H,28,31). The smallest absolute Gasteiger partial charge is 0.220 e. The summed E-state index contributed by atoms with van der Waals surface area (Å²) < 4.78 is 13.4. The van der Waals surface area contributed by atoms with Gasteiger partial charge in [0.2, 0.25) is 5.91 Å². The summed E-state index contributed by atoms with van der Waals surface area (Å²) in [6.45, 7) is 8.75. The van der Waals surface area contributed by atoms with E-state index in [0.29, 0.717) is 12.8 Å². The van der Waals surface area contributed by atoms with Gasteiger partial charge in [-0.15, -0.1) is 0 Å². The summed E-state index contributed by atoms with van der Waals surface area (Å²) in [5.41, 5.74) is 3.99.